The average Bonchev–Trinajstić information content (AvgIpc) is 2.75. The lowest BCUT2D eigenvalue weighted by Gasteiger charge is -2.40. The number of nitrogens with zero attached hydrogens (tertiary/aromatic N) is 4. The molecule has 180 valence electrons. The Morgan fingerprint density at radius 2 is 1.94 bits per heavy atom. The van der Waals surface area contributed by atoms with Gasteiger partial charge < -0.3 is 14.9 Å². The van der Waals surface area contributed by atoms with Gasteiger partial charge in [0.1, 0.15) is 11.5 Å². The molecule has 9 heteroatoms. The van der Waals surface area contributed by atoms with Crippen molar-refractivity contribution in [1.29, 1.82) is 0 Å². The van der Waals surface area contributed by atoms with Crippen molar-refractivity contribution < 1.29 is 14.3 Å². The number of halogens is 2. The van der Waals surface area contributed by atoms with E-state index in [0.717, 1.165) is 0 Å². The second-order valence-electron chi connectivity index (χ2n) is 9.96. The van der Waals surface area contributed by atoms with Gasteiger partial charge in [-0.3, -0.25) is 9.36 Å². The third kappa shape index (κ3) is 4.59. The third-order valence-electron chi connectivity index (χ3n) is 5.98. The van der Waals surface area contributed by atoms with Crippen LogP contribution in [0, 0.1) is 11.2 Å². The Balaban J connectivity index is 1.95. The van der Waals surface area contributed by atoms with Crippen LogP contribution < -0.4 is 10.5 Å². The van der Waals surface area contributed by atoms with Crippen LogP contribution in [-0.4, -0.2) is 51.3 Å². The number of benzene rings is 1. The van der Waals surface area contributed by atoms with Crippen molar-refractivity contribution in [1.82, 2.24) is 14.5 Å². The molecule has 1 saturated heterocycles. The highest BCUT2D eigenvalue weighted by Crippen LogP contribution is 2.35. The summed E-state index contributed by atoms with van der Waals surface area (Å²) in [6, 6.07) is 9.41. The van der Waals surface area contributed by atoms with Gasteiger partial charge in [0.05, 0.1) is 16.4 Å². The predicted molar refractivity (Wildman–Crippen MR) is 132 cm³/mol. The highest BCUT2D eigenvalue weighted by molar-refractivity contribution is 6.33. The number of hydrogen-bond acceptors (Lipinski definition) is 4. The standard InChI is InChI=1S/C25H28ClFN4O3/c1-15-13-29(24(33)34)9-10-30(15)20-12-21(32)31(14-25(2,3)4)23-17(20)11-18(26)22(28-23)16-7-5-6-8-19(16)27/h5-8,11-12,15H,9-10,13-14H2,1-4H3,(H,33,34). The maximum absolute atomic E-state index is 14.6. The molecule has 34 heavy (non-hydrogen) atoms. The number of anilines is 1. The summed E-state index contributed by atoms with van der Waals surface area (Å²) in [6.07, 6.45) is -0.962. The Kier molecular flexibility index (Phi) is 6.29. The fourth-order valence-electron chi connectivity index (χ4n) is 4.45. The van der Waals surface area contributed by atoms with Crippen molar-refractivity contribution in [2.75, 3.05) is 24.5 Å². The van der Waals surface area contributed by atoms with E-state index in [1.165, 1.54) is 11.0 Å². The first-order chi connectivity index (χ1) is 16.0. The molecule has 0 saturated carbocycles. The van der Waals surface area contributed by atoms with E-state index >= 15 is 0 Å². The van der Waals surface area contributed by atoms with E-state index in [9.17, 15) is 19.1 Å². The predicted octanol–water partition coefficient (Wildman–Crippen LogP) is 5.09. The minimum Gasteiger partial charge on any atom is -0.465 e. The number of carbonyl (C=O) groups is 1. The van der Waals surface area contributed by atoms with Gasteiger partial charge in [-0.1, -0.05) is 44.5 Å². The van der Waals surface area contributed by atoms with E-state index in [4.69, 9.17) is 16.6 Å². The molecule has 0 bridgehead atoms. The molecular weight excluding hydrogens is 459 g/mol. The zero-order chi connectivity index (χ0) is 24.8. The molecule has 1 aromatic carbocycles. The number of amides is 1. The summed E-state index contributed by atoms with van der Waals surface area (Å²) in [5.41, 5.74) is 1.18. The number of rotatable bonds is 3. The summed E-state index contributed by atoms with van der Waals surface area (Å²) in [5.74, 6) is -0.449. The van der Waals surface area contributed by atoms with Gasteiger partial charge in [-0.15, -0.1) is 0 Å². The first kappa shape index (κ1) is 24.0. The normalized spacial score (nSPS) is 16.8. The minimum atomic E-state index is -0.962. The maximum atomic E-state index is 14.6. The van der Waals surface area contributed by atoms with Crippen LogP contribution in [0.15, 0.2) is 41.2 Å². The van der Waals surface area contributed by atoms with Gasteiger partial charge in [0.15, 0.2) is 0 Å². The molecule has 0 aliphatic carbocycles. The second kappa shape index (κ2) is 8.91. The first-order valence-electron chi connectivity index (χ1n) is 11.2. The van der Waals surface area contributed by atoms with Crippen molar-refractivity contribution in [3.05, 3.63) is 57.6 Å². The molecule has 1 unspecified atom stereocenters. The Hall–Kier alpha value is -3.13. The monoisotopic (exact) mass is 486 g/mol. The lowest BCUT2D eigenvalue weighted by molar-refractivity contribution is 0.136. The number of piperazine rings is 1. The molecule has 1 amide bonds. The van der Waals surface area contributed by atoms with Gasteiger partial charge in [0.25, 0.3) is 5.56 Å². The van der Waals surface area contributed by atoms with Crippen LogP contribution in [0.25, 0.3) is 22.3 Å². The van der Waals surface area contributed by atoms with Crippen LogP contribution in [0.5, 0.6) is 0 Å². The van der Waals surface area contributed by atoms with E-state index in [1.54, 1.807) is 34.9 Å². The number of pyridine rings is 2. The number of hydrogen-bond donors (Lipinski definition) is 1. The molecule has 1 aliphatic heterocycles. The summed E-state index contributed by atoms with van der Waals surface area (Å²) in [7, 11) is 0. The summed E-state index contributed by atoms with van der Waals surface area (Å²) < 4.78 is 16.2. The van der Waals surface area contributed by atoms with E-state index in [2.05, 4.69) is 0 Å². The van der Waals surface area contributed by atoms with Gasteiger partial charge in [-0.05, 0) is 30.5 Å². The maximum Gasteiger partial charge on any atom is 0.407 e. The van der Waals surface area contributed by atoms with Gasteiger partial charge in [-0.25, -0.2) is 14.2 Å². The van der Waals surface area contributed by atoms with Gasteiger partial charge in [0.2, 0.25) is 0 Å². The number of fused-ring (bicyclic) bond motifs is 1. The molecule has 2 aromatic heterocycles. The Morgan fingerprint density at radius 3 is 2.56 bits per heavy atom. The summed E-state index contributed by atoms with van der Waals surface area (Å²) in [5, 5.41) is 10.3. The second-order valence-corrected chi connectivity index (χ2v) is 10.4. The highest BCUT2D eigenvalue weighted by atomic mass is 35.5. The smallest absolute Gasteiger partial charge is 0.407 e. The van der Waals surface area contributed by atoms with Crippen molar-refractivity contribution in [3.8, 4) is 11.3 Å². The summed E-state index contributed by atoms with van der Waals surface area (Å²) in [6.45, 7) is 9.48. The Labute approximate surface area is 202 Å². The van der Waals surface area contributed by atoms with Crippen molar-refractivity contribution >= 4 is 34.4 Å². The van der Waals surface area contributed by atoms with Gasteiger partial charge in [0, 0.05) is 49.2 Å². The molecule has 0 spiro atoms. The van der Waals surface area contributed by atoms with Gasteiger partial charge in [-0.2, -0.15) is 0 Å². The van der Waals surface area contributed by atoms with Crippen molar-refractivity contribution in [3.63, 3.8) is 0 Å². The van der Waals surface area contributed by atoms with E-state index in [1.807, 2.05) is 32.6 Å². The molecule has 3 aromatic rings. The summed E-state index contributed by atoms with van der Waals surface area (Å²) >= 11 is 6.63. The fraction of sp³-hybridized carbons (Fsp3) is 0.400. The molecule has 4 rings (SSSR count). The zero-order valence-corrected chi connectivity index (χ0v) is 20.4. The van der Waals surface area contributed by atoms with Gasteiger partial charge >= 0.3 is 6.09 Å². The van der Waals surface area contributed by atoms with E-state index < -0.39 is 11.9 Å². The molecule has 1 N–H and O–H groups in total. The molecular formula is C25H28ClFN4O3. The van der Waals surface area contributed by atoms with Crippen LogP contribution in [0.4, 0.5) is 14.9 Å². The third-order valence-corrected chi connectivity index (χ3v) is 6.27. The molecule has 1 aliphatic rings. The average molecular weight is 487 g/mol. The number of aromatic nitrogens is 2. The zero-order valence-electron chi connectivity index (χ0n) is 19.7. The lowest BCUT2D eigenvalue weighted by Crippen LogP contribution is -2.53. The van der Waals surface area contributed by atoms with Crippen LogP contribution in [0.3, 0.4) is 0 Å². The topological polar surface area (TPSA) is 78.7 Å². The van der Waals surface area contributed by atoms with E-state index in [-0.39, 0.29) is 33.3 Å². The SMILES string of the molecule is CC1CN(C(=O)O)CCN1c1cc(=O)n(CC(C)(C)C)c2nc(-c3ccccc3F)c(Cl)cc12. The minimum absolute atomic E-state index is 0.157. The molecule has 0 radical (unpaired) electrons. The summed E-state index contributed by atoms with van der Waals surface area (Å²) in [4.78, 5) is 32.9. The van der Waals surface area contributed by atoms with Crippen LogP contribution in [-0.2, 0) is 6.54 Å². The fourth-order valence-corrected chi connectivity index (χ4v) is 4.70. The van der Waals surface area contributed by atoms with Crippen molar-refractivity contribution in [2.45, 2.75) is 40.3 Å². The number of carboxylic acid groups (broad SMARTS) is 1. The lowest BCUT2D eigenvalue weighted by atomic mass is 9.96. The quantitative estimate of drug-likeness (QED) is 0.557. The Bertz CT molecular complexity index is 1320. The Morgan fingerprint density at radius 1 is 1.24 bits per heavy atom. The molecule has 7 nitrogen and oxygen atoms in total. The molecule has 1 fully saturated rings. The largest absolute Gasteiger partial charge is 0.465 e. The molecule has 1 atom stereocenters. The van der Waals surface area contributed by atoms with Crippen LogP contribution in [0.2, 0.25) is 5.02 Å². The molecule has 3 heterocycles. The van der Waals surface area contributed by atoms with Crippen molar-refractivity contribution in [2.24, 2.45) is 5.41 Å². The van der Waals surface area contributed by atoms with Crippen LogP contribution >= 0.6 is 11.6 Å². The first-order valence-corrected chi connectivity index (χ1v) is 11.6. The highest BCUT2D eigenvalue weighted by Gasteiger charge is 2.29. The van der Waals surface area contributed by atoms with E-state index in [0.29, 0.717) is 42.9 Å². The van der Waals surface area contributed by atoms with Crippen LogP contribution in [0.1, 0.15) is 27.7 Å².